The summed E-state index contributed by atoms with van der Waals surface area (Å²) >= 11 is 1.34. The fraction of sp³-hybridized carbons (Fsp3) is 0.385. The highest BCUT2D eigenvalue weighted by molar-refractivity contribution is 7.05. The van der Waals surface area contributed by atoms with Gasteiger partial charge in [-0.15, -0.1) is 5.10 Å². The van der Waals surface area contributed by atoms with Crippen molar-refractivity contribution in [2.45, 2.75) is 19.4 Å². The van der Waals surface area contributed by atoms with Gasteiger partial charge in [-0.1, -0.05) is 17.5 Å². The SMILES string of the molecule is CCc1nnsc1C(NC)c1ccc(OC)c(F)c1. The van der Waals surface area contributed by atoms with Crippen molar-refractivity contribution in [3.63, 3.8) is 0 Å². The highest BCUT2D eigenvalue weighted by Crippen LogP contribution is 2.29. The first-order valence-electron chi connectivity index (χ1n) is 6.03. The summed E-state index contributed by atoms with van der Waals surface area (Å²) in [6.07, 6.45) is 0.808. The van der Waals surface area contributed by atoms with Crippen LogP contribution in [0, 0.1) is 5.82 Å². The van der Waals surface area contributed by atoms with Crippen molar-refractivity contribution in [2.24, 2.45) is 0 Å². The molecule has 1 unspecified atom stereocenters. The van der Waals surface area contributed by atoms with Gasteiger partial charge in [0.05, 0.1) is 23.7 Å². The van der Waals surface area contributed by atoms with Gasteiger partial charge in [0.25, 0.3) is 0 Å². The number of methoxy groups -OCH3 is 1. The number of hydrogen-bond acceptors (Lipinski definition) is 5. The standard InChI is InChI=1S/C13H16FN3OS/c1-4-10-13(19-17-16-10)12(15-2)8-5-6-11(18-3)9(14)7-8/h5-7,12,15H,4H2,1-3H3. The van der Waals surface area contributed by atoms with Crippen molar-refractivity contribution in [1.82, 2.24) is 14.9 Å². The quantitative estimate of drug-likeness (QED) is 0.915. The van der Waals surface area contributed by atoms with Gasteiger partial charge in [0.1, 0.15) is 0 Å². The summed E-state index contributed by atoms with van der Waals surface area (Å²) in [6, 6.07) is 4.87. The van der Waals surface area contributed by atoms with Crippen LogP contribution in [0.1, 0.15) is 29.1 Å². The molecule has 0 fully saturated rings. The van der Waals surface area contributed by atoms with Crippen molar-refractivity contribution in [3.05, 3.63) is 40.2 Å². The molecule has 1 N–H and O–H groups in total. The lowest BCUT2D eigenvalue weighted by Crippen LogP contribution is -2.18. The second-order valence-corrected chi connectivity index (χ2v) is 4.84. The molecular formula is C13H16FN3OS. The van der Waals surface area contributed by atoms with Gasteiger partial charge in [0.2, 0.25) is 0 Å². The summed E-state index contributed by atoms with van der Waals surface area (Å²) in [6.45, 7) is 2.03. The van der Waals surface area contributed by atoms with Crippen molar-refractivity contribution in [2.75, 3.05) is 14.2 Å². The third-order valence-corrected chi connectivity index (χ3v) is 3.81. The number of nitrogens with zero attached hydrogens (tertiary/aromatic N) is 2. The molecule has 0 saturated carbocycles. The van der Waals surface area contributed by atoms with Gasteiger partial charge in [-0.05, 0) is 42.7 Å². The Morgan fingerprint density at radius 1 is 1.47 bits per heavy atom. The van der Waals surface area contributed by atoms with Crippen LogP contribution in [-0.2, 0) is 6.42 Å². The van der Waals surface area contributed by atoms with E-state index in [0.29, 0.717) is 0 Å². The molecule has 0 saturated heterocycles. The highest BCUT2D eigenvalue weighted by Gasteiger charge is 2.20. The Hall–Kier alpha value is -1.53. The van der Waals surface area contributed by atoms with E-state index in [0.717, 1.165) is 22.6 Å². The van der Waals surface area contributed by atoms with Crippen molar-refractivity contribution in [3.8, 4) is 5.75 Å². The Morgan fingerprint density at radius 3 is 2.84 bits per heavy atom. The third kappa shape index (κ3) is 2.74. The second kappa shape index (κ2) is 6.08. The minimum absolute atomic E-state index is 0.102. The average molecular weight is 281 g/mol. The van der Waals surface area contributed by atoms with E-state index in [9.17, 15) is 4.39 Å². The zero-order valence-corrected chi connectivity index (χ0v) is 11.9. The zero-order valence-electron chi connectivity index (χ0n) is 11.1. The molecule has 0 radical (unpaired) electrons. The first-order valence-corrected chi connectivity index (χ1v) is 6.80. The molecule has 6 heteroatoms. The maximum atomic E-state index is 13.8. The molecule has 1 aromatic carbocycles. The summed E-state index contributed by atoms with van der Waals surface area (Å²) in [5, 5.41) is 7.28. The first kappa shape index (κ1) is 13.9. The van der Waals surface area contributed by atoms with Crippen LogP contribution in [0.3, 0.4) is 0 Å². The van der Waals surface area contributed by atoms with Gasteiger partial charge < -0.3 is 10.1 Å². The largest absolute Gasteiger partial charge is 0.494 e. The molecule has 0 aliphatic heterocycles. The molecular weight excluding hydrogens is 265 g/mol. The molecule has 0 spiro atoms. The van der Waals surface area contributed by atoms with Crippen LogP contribution >= 0.6 is 11.5 Å². The number of ether oxygens (including phenoxy) is 1. The van der Waals surface area contributed by atoms with E-state index in [1.807, 2.05) is 20.0 Å². The van der Waals surface area contributed by atoms with Crippen molar-refractivity contribution < 1.29 is 9.13 Å². The fourth-order valence-electron chi connectivity index (χ4n) is 1.99. The van der Waals surface area contributed by atoms with Crippen LogP contribution in [0.5, 0.6) is 5.75 Å². The second-order valence-electron chi connectivity index (χ2n) is 4.05. The van der Waals surface area contributed by atoms with E-state index < -0.39 is 0 Å². The maximum absolute atomic E-state index is 13.8. The molecule has 1 aromatic heterocycles. The van der Waals surface area contributed by atoms with E-state index in [-0.39, 0.29) is 17.6 Å². The van der Waals surface area contributed by atoms with Crippen LogP contribution in [0.4, 0.5) is 4.39 Å². The Balaban J connectivity index is 2.40. The van der Waals surface area contributed by atoms with Crippen LogP contribution < -0.4 is 10.1 Å². The molecule has 4 nitrogen and oxygen atoms in total. The van der Waals surface area contributed by atoms with E-state index >= 15 is 0 Å². The number of nitrogens with one attached hydrogen (secondary N) is 1. The van der Waals surface area contributed by atoms with E-state index in [1.165, 1.54) is 24.7 Å². The Morgan fingerprint density at radius 2 is 2.26 bits per heavy atom. The summed E-state index contributed by atoms with van der Waals surface area (Å²) in [5.41, 5.74) is 1.78. The molecule has 102 valence electrons. The minimum atomic E-state index is -0.365. The summed E-state index contributed by atoms with van der Waals surface area (Å²) in [4.78, 5) is 1.02. The minimum Gasteiger partial charge on any atom is -0.494 e. The summed E-state index contributed by atoms with van der Waals surface area (Å²) in [5.74, 6) is -0.118. The number of aryl methyl sites for hydroxylation is 1. The zero-order chi connectivity index (χ0) is 13.8. The summed E-state index contributed by atoms with van der Waals surface area (Å²) < 4.78 is 22.7. The lowest BCUT2D eigenvalue weighted by atomic mass is 10.0. The third-order valence-electron chi connectivity index (χ3n) is 2.98. The first-order chi connectivity index (χ1) is 9.21. The maximum Gasteiger partial charge on any atom is 0.165 e. The van der Waals surface area contributed by atoms with Crippen LogP contribution in [0.2, 0.25) is 0 Å². The number of benzene rings is 1. The van der Waals surface area contributed by atoms with Gasteiger partial charge in [0, 0.05) is 0 Å². The van der Waals surface area contributed by atoms with E-state index in [2.05, 4.69) is 14.9 Å². The molecule has 19 heavy (non-hydrogen) atoms. The Kier molecular flexibility index (Phi) is 4.44. The normalized spacial score (nSPS) is 12.4. The molecule has 1 heterocycles. The van der Waals surface area contributed by atoms with Crippen LogP contribution in [0.15, 0.2) is 18.2 Å². The number of aromatic nitrogens is 2. The number of halogens is 1. The average Bonchev–Trinajstić information content (AvgIpc) is 2.88. The molecule has 1 atom stereocenters. The lowest BCUT2D eigenvalue weighted by molar-refractivity contribution is 0.386. The molecule has 0 aliphatic rings. The van der Waals surface area contributed by atoms with E-state index in [4.69, 9.17) is 4.74 Å². The highest BCUT2D eigenvalue weighted by atomic mass is 32.1. The van der Waals surface area contributed by atoms with Crippen LogP contribution in [0.25, 0.3) is 0 Å². The Bertz CT molecular complexity index is 559. The van der Waals surface area contributed by atoms with Gasteiger partial charge >= 0.3 is 0 Å². The van der Waals surface area contributed by atoms with E-state index in [1.54, 1.807) is 6.07 Å². The lowest BCUT2D eigenvalue weighted by Gasteiger charge is -2.16. The molecule has 0 aliphatic carbocycles. The van der Waals surface area contributed by atoms with Crippen molar-refractivity contribution >= 4 is 11.5 Å². The smallest absolute Gasteiger partial charge is 0.165 e. The van der Waals surface area contributed by atoms with Gasteiger partial charge in [0.15, 0.2) is 11.6 Å². The topological polar surface area (TPSA) is 47.0 Å². The van der Waals surface area contributed by atoms with Gasteiger partial charge in [-0.3, -0.25) is 0 Å². The Labute approximate surface area is 115 Å². The summed E-state index contributed by atoms with van der Waals surface area (Å²) in [7, 11) is 3.29. The van der Waals surface area contributed by atoms with Crippen LogP contribution in [-0.4, -0.2) is 23.7 Å². The monoisotopic (exact) mass is 281 g/mol. The molecule has 2 aromatic rings. The van der Waals surface area contributed by atoms with Gasteiger partial charge in [-0.25, -0.2) is 4.39 Å². The molecule has 0 bridgehead atoms. The predicted octanol–water partition coefficient (Wildman–Crippen LogP) is 2.56. The number of rotatable bonds is 5. The van der Waals surface area contributed by atoms with Gasteiger partial charge in [-0.2, -0.15) is 0 Å². The number of hydrogen-bond donors (Lipinski definition) is 1. The molecule has 0 amide bonds. The molecule has 2 rings (SSSR count). The van der Waals surface area contributed by atoms with Crippen molar-refractivity contribution in [1.29, 1.82) is 0 Å². The predicted molar refractivity (Wildman–Crippen MR) is 73.1 cm³/mol. The fourth-order valence-corrected chi connectivity index (χ4v) is 2.87.